The molecule has 0 spiro atoms. The Hall–Kier alpha value is -0.820. The van der Waals surface area contributed by atoms with Crippen LogP contribution >= 0.6 is 11.6 Å². The normalized spacial score (nSPS) is 9.40. The molecule has 0 saturated carbocycles. The minimum Gasteiger partial charge on any atom is -0.263 e. The average molecular weight is 154 g/mol. The molecule has 0 bridgehead atoms. The van der Waals surface area contributed by atoms with Gasteiger partial charge in [-0.1, -0.05) is 17.7 Å². The van der Waals surface area contributed by atoms with Gasteiger partial charge in [0.15, 0.2) is 0 Å². The topological polar surface area (TPSA) is 12.4 Å². The fourth-order valence-corrected chi connectivity index (χ4v) is 1.04. The van der Waals surface area contributed by atoms with Crippen molar-refractivity contribution in [1.29, 1.82) is 0 Å². The molecule has 2 heteroatoms. The monoisotopic (exact) mass is 153 g/mol. The first kappa shape index (κ1) is 7.29. The summed E-state index contributed by atoms with van der Waals surface area (Å²) < 4.78 is 0. The SMILES string of the molecule is C=Nc1ccc(C)cc1Cl. The lowest BCUT2D eigenvalue weighted by Crippen LogP contribution is -1.71. The molecule has 0 radical (unpaired) electrons. The van der Waals surface area contributed by atoms with E-state index >= 15 is 0 Å². The maximum absolute atomic E-state index is 5.80. The van der Waals surface area contributed by atoms with Gasteiger partial charge in [-0.05, 0) is 31.3 Å². The molecule has 0 aliphatic carbocycles. The third kappa shape index (κ3) is 1.36. The summed E-state index contributed by atoms with van der Waals surface area (Å²) >= 11 is 5.80. The zero-order valence-electron chi connectivity index (χ0n) is 5.76. The molecule has 0 heterocycles. The molecule has 1 aromatic rings. The molecule has 0 aliphatic heterocycles. The Labute approximate surface area is 65.4 Å². The molecule has 1 nitrogen and oxygen atoms in total. The first-order valence-electron chi connectivity index (χ1n) is 2.97. The zero-order valence-corrected chi connectivity index (χ0v) is 6.52. The highest BCUT2D eigenvalue weighted by atomic mass is 35.5. The van der Waals surface area contributed by atoms with Crippen molar-refractivity contribution in [2.45, 2.75) is 6.92 Å². The van der Waals surface area contributed by atoms with Crippen LogP contribution in [-0.4, -0.2) is 6.72 Å². The molecular weight excluding hydrogens is 146 g/mol. The number of aliphatic imine (C=N–C) groups is 1. The first-order valence-corrected chi connectivity index (χ1v) is 3.34. The zero-order chi connectivity index (χ0) is 7.56. The summed E-state index contributed by atoms with van der Waals surface area (Å²) in [6, 6.07) is 5.67. The van der Waals surface area contributed by atoms with Crippen LogP contribution in [0.2, 0.25) is 5.02 Å². The van der Waals surface area contributed by atoms with Crippen LogP contribution in [0, 0.1) is 6.92 Å². The number of aryl methyl sites for hydroxylation is 1. The van der Waals surface area contributed by atoms with Gasteiger partial charge in [-0.2, -0.15) is 0 Å². The summed E-state index contributed by atoms with van der Waals surface area (Å²) in [4.78, 5) is 3.73. The Balaban J connectivity index is 3.19. The van der Waals surface area contributed by atoms with Crippen molar-refractivity contribution < 1.29 is 0 Å². The number of nitrogens with zero attached hydrogens (tertiary/aromatic N) is 1. The highest BCUT2D eigenvalue weighted by Crippen LogP contribution is 2.24. The van der Waals surface area contributed by atoms with Gasteiger partial charge in [0.05, 0.1) is 10.7 Å². The predicted molar refractivity (Wildman–Crippen MR) is 45.4 cm³/mol. The number of halogens is 1. The van der Waals surface area contributed by atoms with Crippen molar-refractivity contribution in [3.05, 3.63) is 28.8 Å². The highest BCUT2D eigenvalue weighted by molar-refractivity contribution is 6.33. The van der Waals surface area contributed by atoms with Crippen molar-refractivity contribution in [2.75, 3.05) is 0 Å². The quantitative estimate of drug-likeness (QED) is 0.550. The number of hydrogen-bond acceptors (Lipinski definition) is 1. The largest absolute Gasteiger partial charge is 0.263 e. The van der Waals surface area contributed by atoms with Crippen molar-refractivity contribution in [2.24, 2.45) is 4.99 Å². The van der Waals surface area contributed by atoms with Crippen LogP contribution in [0.25, 0.3) is 0 Å². The molecule has 1 aromatic carbocycles. The summed E-state index contributed by atoms with van der Waals surface area (Å²) in [7, 11) is 0. The van der Waals surface area contributed by atoms with Crippen LogP contribution in [-0.2, 0) is 0 Å². The van der Waals surface area contributed by atoms with Crippen LogP contribution in [0.3, 0.4) is 0 Å². The van der Waals surface area contributed by atoms with Gasteiger partial charge in [-0.3, -0.25) is 4.99 Å². The van der Waals surface area contributed by atoms with Gasteiger partial charge in [0.25, 0.3) is 0 Å². The number of rotatable bonds is 1. The van der Waals surface area contributed by atoms with Gasteiger partial charge >= 0.3 is 0 Å². The van der Waals surface area contributed by atoms with Gasteiger partial charge in [0.1, 0.15) is 0 Å². The van der Waals surface area contributed by atoms with E-state index in [1.54, 1.807) is 0 Å². The maximum Gasteiger partial charge on any atom is 0.0808 e. The molecule has 0 aliphatic rings. The van der Waals surface area contributed by atoms with Crippen LogP contribution in [0.5, 0.6) is 0 Å². The van der Waals surface area contributed by atoms with Crippen LogP contribution in [0.4, 0.5) is 5.69 Å². The second-order valence-electron chi connectivity index (χ2n) is 2.11. The van der Waals surface area contributed by atoms with E-state index in [4.69, 9.17) is 11.6 Å². The Morgan fingerprint density at radius 3 is 2.70 bits per heavy atom. The van der Waals surface area contributed by atoms with E-state index < -0.39 is 0 Å². The fraction of sp³-hybridized carbons (Fsp3) is 0.125. The molecule has 1 rings (SSSR count). The van der Waals surface area contributed by atoms with Crippen LogP contribution in [0.1, 0.15) is 5.56 Å². The van der Waals surface area contributed by atoms with Gasteiger partial charge in [-0.25, -0.2) is 0 Å². The maximum atomic E-state index is 5.80. The van der Waals surface area contributed by atoms with E-state index in [-0.39, 0.29) is 0 Å². The summed E-state index contributed by atoms with van der Waals surface area (Å²) in [5, 5.41) is 0.662. The molecule has 0 atom stereocenters. The third-order valence-electron chi connectivity index (χ3n) is 1.27. The molecule has 0 saturated heterocycles. The number of benzene rings is 1. The van der Waals surface area contributed by atoms with Gasteiger partial charge < -0.3 is 0 Å². The second-order valence-corrected chi connectivity index (χ2v) is 2.52. The summed E-state index contributed by atoms with van der Waals surface area (Å²) in [6.07, 6.45) is 0. The molecular formula is C8H8ClN. The van der Waals surface area contributed by atoms with E-state index in [9.17, 15) is 0 Å². The predicted octanol–water partition coefficient (Wildman–Crippen LogP) is 2.98. The van der Waals surface area contributed by atoms with E-state index in [0.29, 0.717) is 5.02 Å². The van der Waals surface area contributed by atoms with Gasteiger partial charge in [0, 0.05) is 0 Å². The summed E-state index contributed by atoms with van der Waals surface area (Å²) in [6.45, 7) is 5.37. The molecule has 52 valence electrons. The van der Waals surface area contributed by atoms with E-state index in [0.717, 1.165) is 11.3 Å². The van der Waals surface area contributed by atoms with E-state index in [2.05, 4.69) is 11.7 Å². The standard InChI is InChI=1S/C8H8ClN/c1-6-3-4-8(10-2)7(9)5-6/h3-5H,2H2,1H3. The van der Waals surface area contributed by atoms with Crippen molar-refractivity contribution >= 4 is 24.0 Å². The van der Waals surface area contributed by atoms with Gasteiger partial charge in [-0.15, -0.1) is 0 Å². The Kier molecular flexibility index (Phi) is 2.07. The number of hydrogen-bond donors (Lipinski definition) is 0. The Morgan fingerprint density at radius 1 is 1.50 bits per heavy atom. The minimum atomic E-state index is 0.662. The summed E-state index contributed by atoms with van der Waals surface area (Å²) in [5.41, 5.74) is 1.88. The Bertz CT molecular complexity index is 255. The average Bonchev–Trinajstić information content (AvgIpc) is 1.88. The fourth-order valence-electron chi connectivity index (χ4n) is 0.740. The van der Waals surface area contributed by atoms with E-state index in [1.165, 1.54) is 0 Å². The van der Waals surface area contributed by atoms with Crippen molar-refractivity contribution in [3.8, 4) is 0 Å². The second kappa shape index (κ2) is 2.84. The first-order chi connectivity index (χ1) is 4.74. The van der Waals surface area contributed by atoms with E-state index in [1.807, 2.05) is 25.1 Å². The molecule has 10 heavy (non-hydrogen) atoms. The summed E-state index contributed by atoms with van der Waals surface area (Å²) in [5.74, 6) is 0. The lowest BCUT2D eigenvalue weighted by Gasteiger charge is -1.96. The van der Waals surface area contributed by atoms with Crippen molar-refractivity contribution in [3.63, 3.8) is 0 Å². The van der Waals surface area contributed by atoms with Crippen LogP contribution < -0.4 is 0 Å². The third-order valence-corrected chi connectivity index (χ3v) is 1.58. The molecule has 0 N–H and O–H groups in total. The molecule has 0 unspecified atom stereocenters. The molecule has 0 fully saturated rings. The smallest absolute Gasteiger partial charge is 0.0808 e. The van der Waals surface area contributed by atoms with Crippen LogP contribution in [0.15, 0.2) is 23.2 Å². The lowest BCUT2D eigenvalue weighted by molar-refractivity contribution is 1.44. The lowest BCUT2D eigenvalue weighted by atomic mass is 10.2. The van der Waals surface area contributed by atoms with Gasteiger partial charge in [0.2, 0.25) is 0 Å². The molecule has 0 amide bonds. The minimum absolute atomic E-state index is 0.662. The highest BCUT2D eigenvalue weighted by Gasteiger charge is 1.94. The molecule has 0 aromatic heterocycles. The Morgan fingerprint density at radius 2 is 2.20 bits per heavy atom. The van der Waals surface area contributed by atoms with Crippen molar-refractivity contribution in [1.82, 2.24) is 0 Å².